The van der Waals surface area contributed by atoms with Crippen molar-refractivity contribution in [1.29, 1.82) is 0 Å². The van der Waals surface area contributed by atoms with E-state index in [1.807, 2.05) is 24.3 Å². The van der Waals surface area contributed by atoms with Gasteiger partial charge in [0.15, 0.2) is 0 Å². The molecule has 23 heavy (non-hydrogen) atoms. The molecule has 116 valence electrons. The number of ether oxygens (including phenoxy) is 1. The van der Waals surface area contributed by atoms with E-state index in [9.17, 15) is 0 Å². The molecule has 3 aromatic rings. The zero-order valence-electron chi connectivity index (χ0n) is 12.9. The van der Waals surface area contributed by atoms with Crippen molar-refractivity contribution in [2.24, 2.45) is 0 Å². The number of fused-ring (bicyclic) bond motifs is 1. The highest BCUT2D eigenvalue weighted by Crippen LogP contribution is 2.29. The number of rotatable bonds is 4. The first-order valence-electron chi connectivity index (χ1n) is 7.63. The van der Waals surface area contributed by atoms with Gasteiger partial charge in [-0.15, -0.1) is 10.2 Å². The number of para-hydroxylation sites is 1. The lowest BCUT2D eigenvalue weighted by Gasteiger charge is -2.16. The average molecular weight is 307 g/mol. The predicted octanol–water partition coefficient (Wildman–Crippen LogP) is 3.31. The Morgan fingerprint density at radius 1 is 1.13 bits per heavy atom. The van der Waals surface area contributed by atoms with Gasteiger partial charge in [-0.3, -0.25) is 0 Å². The fourth-order valence-electron chi connectivity index (χ4n) is 2.92. The van der Waals surface area contributed by atoms with Crippen molar-refractivity contribution in [2.75, 3.05) is 18.6 Å². The zero-order chi connectivity index (χ0) is 15.6. The molecular weight excluding hydrogens is 290 g/mol. The quantitative estimate of drug-likeness (QED) is 0.740. The SMILES string of the molecule is COc1cccc(-c2nnc(CN3CCc4ccccc43)o2)c1. The van der Waals surface area contributed by atoms with Crippen LogP contribution < -0.4 is 9.64 Å². The summed E-state index contributed by atoms with van der Waals surface area (Å²) in [4.78, 5) is 2.28. The highest BCUT2D eigenvalue weighted by atomic mass is 16.5. The molecule has 0 aliphatic carbocycles. The maximum absolute atomic E-state index is 5.83. The van der Waals surface area contributed by atoms with Crippen LogP contribution in [-0.4, -0.2) is 23.9 Å². The topological polar surface area (TPSA) is 51.4 Å². The summed E-state index contributed by atoms with van der Waals surface area (Å²) >= 11 is 0. The Labute approximate surface area is 134 Å². The lowest BCUT2D eigenvalue weighted by Crippen LogP contribution is -2.19. The molecule has 0 atom stereocenters. The minimum Gasteiger partial charge on any atom is -0.497 e. The van der Waals surface area contributed by atoms with E-state index in [1.54, 1.807) is 7.11 Å². The molecule has 2 heterocycles. The molecule has 0 N–H and O–H groups in total. The van der Waals surface area contributed by atoms with E-state index in [0.717, 1.165) is 24.3 Å². The van der Waals surface area contributed by atoms with Crippen molar-refractivity contribution in [1.82, 2.24) is 10.2 Å². The minimum atomic E-state index is 0.520. The summed E-state index contributed by atoms with van der Waals surface area (Å²) in [5.74, 6) is 1.92. The largest absolute Gasteiger partial charge is 0.497 e. The Balaban J connectivity index is 1.55. The second-order valence-corrected chi connectivity index (χ2v) is 5.53. The molecule has 0 radical (unpaired) electrons. The Hall–Kier alpha value is -2.82. The van der Waals surface area contributed by atoms with Crippen LogP contribution in [0.4, 0.5) is 5.69 Å². The van der Waals surface area contributed by atoms with E-state index in [1.165, 1.54) is 11.3 Å². The maximum atomic E-state index is 5.83. The predicted molar refractivity (Wildman–Crippen MR) is 87.5 cm³/mol. The van der Waals surface area contributed by atoms with Crippen molar-refractivity contribution in [2.45, 2.75) is 13.0 Å². The van der Waals surface area contributed by atoms with Gasteiger partial charge in [0.2, 0.25) is 11.8 Å². The van der Waals surface area contributed by atoms with Crippen LogP contribution in [0.3, 0.4) is 0 Å². The molecule has 0 unspecified atom stereocenters. The molecular formula is C18H17N3O2. The Morgan fingerprint density at radius 3 is 2.96 bits per heavy atom. The second-order valence-electron chi connectivity index (χ2n) is 5.53. The van der Waals surface area contributed by atoms with Gasteiger partial charge in [-0.2, -0.15) is 0 Å². The lowest BCUT2D eigenvalue weighted by atomic mass is 10.2. The number of aromatic nitrogens is 2. The number of anilines is 1. The molecule has 5 heteroatoms. The number of methoxy groups -OCH3 is 1. The molecule has 1 aromatic heterocycles. The number of nitrogens with zero attached hydrogens (tertiary/aromatic N) is 3. The molecule has 0 fully saturated rings. The van der Waals surface area contributed by atoms with Crippen LogP contribution >= 0.6 is 0 Å². The molecule has 0 bridgehead atoms. The fraction of sp³-hybridized carbons (Fsp3) is 0.222. The van der Waals surface area contributed by atoms with Gasteiger partial charge < -0.3 is 14.1 Å². The van der Waals surface area contributed by atoms with Gasteiger partial charge in [0, 0.05) is 17.8 Å². The molecule has 0 saturated heterocycles. The van der Waals surface area contributed by atoms with E-state index < -0.39 is 0 Å². The lowest BCUT2D eigenvalue weighted by molar-refractivity contribution is 0.414. The Morgan fingerprint density at radius 2 is 2.04 bits per heavy atom. The summed E-state index contributed by atoms with van der Waals surface area (Å²) in [5, 5.41) is 8.35. The molecule has 4 rings (SSSR count). The minimum absolute atomic E-state index is 0.520. The smallest absolute Gasteiger partial charge is 0.247 e. The van der Waals surface area contributed by atoms with Gasteiger partial charge >= 0.3 is 0 Å². The summed E-state index contributed by atoms with van der Waals surface area (Å²) in [6.07, 6.45) is 1.06. The van der Waals surface area contributed by atoms with E-state index >= 15 is 0 Å². The van der Waals surface area contributed by atoms with Crippen molar-refractivity contribution >= 4 is 5.69 Å². The molecule has 1 aliphatic rings. The van der Waals surface area contributed by atoms with Gasteiger partial charge in [0.05, 0.1) is 13.7 Å². The highest BCUT2D eigenvalue weighted by Gasteiger charge is 2.20. The summed E-state index contributed by atoms with van der Waals surface area (Å²) in [5.41, 5.74) is 3.50. The van der Waals surface area contributed by atoms with Crippen LogP contribution in [0.5, 0.6) is 5.75 Å². The van der Waals surface area contributed by atoms with Crippen molar-refractivity contribution in [3.63, 3.8) is 0 Å². The van der Waals surface area contributed by atoms with Gasteiger partial charge in [-0.25, -0.2) is 0 Å². The standard InChI is InChI=1S/C18H17N3O2/c1-22-15-7-4-6-14(11-15)18-20-19-17(23-18)12-21-10-9-13-5-2-3-8-16(13)21/h2-8,11H,9-10,12H2,1H3. The third-order valence-corrected chi connectivity index (χ3v) is 4.09. The van der Waals surface area contributed by atoms with Crippen LogP contribution in [0, 0.1) is 0 Å². The van der Waals surface area contributed by atoms with Crippen molar-refractivity contribution < 1.29 is 9.15 Å². The first-order valence-corrected chi connectivity index (χ1v) is 7.63. The van der Waals surface area contributed by atoms with Crippen LogP contribution in [0.25, 0.3) is 11.5 Å². The average Bonchev–Trinajstić information content (AvgIpc) is 3.23. The van der Waals surface area contributed by atoms with Gasteiger partial charge in [-0.1, -0.05) is 24.3 Å². The molecule has 5 nitrogen and oxygen atoms in total. The third-order valence-electron chi connectivity index (χ3n) is 4.09. The summed E-state index contributed by atoms with van der Waals surface area (Å²) < 4.78 is 11.1. The molecule has 1 aliphatic heterocycles. The van der Waals surface area contributed by atoms with Crippen LogP contribution in [0.1, 0.15) is 11.5 Å². The zero-order valence-corrected chi connectivity index (χ0v) is 12.9. The maximum Gasteiger partial charge on any atom is 0.247 e. The van der Waals surface area contributed by atoms with Crippen LogP contribution in [0.2, 0.25) is 0 Å². The summed E-state index contributed by atoms with van der Waals surface area (Å²) in [7, 11) is 1.64. The van der Waals surface area contributed by atoms with Crippen molar-refractivity contribution in [3.8, 4) is 17.2 Å². The number of hydrogen-bond acceptors (Lipinski definition) is 5. The van der Waals surface area contributed by atoms with Crippen LogP contribution in [0.15, 0.2) is 52.9 Å². The Bertz CT molecular complexity index is 828. The third kappa shape index (κ3) is 2.65. The summed E-state index contributed by atoms with van der Waals surface area (Å²) in [6, 6.07) is 16.1. The normalized spacial score (nSPS) is 13.2. The second kappa shape index (κ2) is 5.76. The fourth-order valence-corrected chi connectivity index (χ4v) is 2.92. The van der Waals surface area contributed by atoms with Crippen molar-refractivity contribution in [3.05, 3.63) is 60.0 Å². The first-order chi connectivity index (χ1) is 11.3. The van der Waals surface area contributed by atoms with E-state index in [2.05, 4.69) is 39.4 Å². The van der Waals surface area contributed by atoms with E-state index in [4.69, 9.17) is 9.15 Å². The number of benzene rings is 2. The van der Waals surface area contributed by atoms with E-state index in [0.29, 0.717) is 18.3 Å². The molecule has 2 aromatic carbocycles. The van der Waals surface area contributed by atoms with Gasteiger partial charge in [-0.05, 0) is 36.2 Å². The summed E-state index contributed by atoms with van der Waals surface area (Å²) in [6.45, 7) is 1.62. The van der Waals surface area contributed by atoms with E-state index in [-0.39, 0.29) is 0 Å². The molecule has 0 amide bonds. The van der Waals surface area contributed by atoms with Gasteiger partial charge in [0.25, 0.3) is 0 Å². The van der Waals surface area contributed by atoms with Crippen LogP contribution in [-0.2, 0) is 13.0 Å². The number of hydrogen-bond donors (Lipinski definition) is 0. The first kappa shape index (κ1) is 13.8. The highest BCUT2D eigenvalue weighted by molar-refractivity contribution is 5.58. The van der Waals surface area contributed by atoms with Gasteiger partial charge in [0.1, 0.15) is 5.75 Å². The Kier molecular flexibility index (Phi) is 3.46. The molecule has 0 saturated carbocycles. The monoisotopic (exact) mass is 307 g/mol. The molecule has 0 spiro atoms.